The summed E-state index contributed by atoms with van der Waals surface area (Å²) in [5.41, 5.74) is 0. The third-order valence-corrected chi connectivity index (χ3v) is 17.3. The third kappa shape index (κ3) is 77.6. The number of rotatable bonds is 75. The Bertz CT molecular complexity index is 1820. The standard InChI is InChI=1S/C46H83N3O2.C40H72O3/c1-3-5-7-9-11-13-15-17-19-21-23-25-27-29-31-33-42-50-44-46(36-38-47-37-35-40-49-41-39-48-45-49)51-43-34-32-30-28-26-24-22-20-18-16-14-12-10-8-6-4-2;1-3-5-7-9-11-13-15-17-19-21-23-25-27-29-31-33-37-42-39-40(35-36-41)43-38-34-32-30-28-26-24-22-20-18-16-14-12-10-8-6-4-2/h11-14,17-20,39,41,45-47H,3-10,15-16,21-38,40,42-44H2,1-2H3;11-14,17-20,36,40H,3-10,15-16,21-35,37-39H2,1-2H3/b2*13-11-,14-12-,19-17-,20-18-. The first kappa shape index (κ1) is 90.6. The number of nitrogens with zero attached hydrogens (tertiary/aromatic N) is 2. The number of aromatic nitrogens is 2. The first-order chi connectivity index (χ1) is 46.7. The van der Waals surface area contributed by atoms with Gasteiger partial charge in [0.15, 0.2) is 0 Å². The molecule has 0 amide bonds. The Labute approximate surface area is 584 Å². The molecule has 2 atom stereocenters. The molecule has 0 saturated heterocycles. The summed E-state index contributed by atoms with van der Waals surface area (Å²) in [6.45, 7) is 16.5. The van der Waals surface area contributed by atoms with Crippen LogP contribution in [0.2, 0.25) is 0 Å². The van der Waals surface area contributed by atoms with Gasteiger partial charge in [0.05, 0.1) is 31.7 Å². The quantitative estimate of drug-likeness (QED) is 0.0395. The van der Waals surface area contributed by atoms with Gasteiger partial charge in [-0.2, -0.15) is 0 Å². The maximum absolute atomic E-state index is 11.0. The smallest absolute Gasteiger partial charge is 0.122 e. The number of carbonyl (C=O) groups excluding carboxylic acids is 1. The molecule has 0 aliphatic rings. The van der Waals surface area contributed by atoms with Gasteiger partial charge in [0.2, 0.25) is 0 Å². The average Bonchev–Trinajstić information content (AvgIpc) is 4.18. The number of carbonyl (C=O) groups is 1. The zero-order chi connectivity index (χ0) is 67.5. The van der Waals surface area contributed by atoms with Crippen LogP contribution < -0.4 is 5.32 Å². The van der Waals surface area contributed by atoms with Gasteiger partial charge in [-0.15, -0.1) is 0 Å². The van der Waals surface area contributed by atoms with E-state index in [9.17, 15) is 4.79 Å². The number of hydrogen-bond donors (Lipinski definition) is 1. The van der Waals surface area contributed by atoms with E-state index in [1.165, 1.54) is 257 Å². The van der Waals surface area contributed by atoms with Gasteiger partial charge >= 0.3 is 0 Å². The van der Waals surface area contributed by atoms with E-state index in [1.807, 2.05) is 18.7 Å². The average molecular weight is 1310 g/mol. The largest absolute Gasteiger partial charge is 0.379 e. The van der Waals surface area contributed by atoms with Crippen molar-refractivity contribution in [1.29, 1.82) is 0 Å². The van der Waals surface area contributed by atoms with Gasteiger partial charge in [-0.25, -0.2) is 4.98 Å². The van der Waals surface area contributed by atoms with E-state index in [4.69, 9.17) is 18.9 Å². The zero-order valence-electron chi connectivity index (χ0n) is 62.6. The van der Waals surface area contributed by atoms with Crippen LogP contribution in [0.4, 0.5) is 0 Å². The number of nitrogens with one attached hydrogen (secondary N) is 1. The van der Waals surface area contributed by atoms with Crippen LogP contribution in [0, 0.1) is 0 Å². The summed E-state index contributed by atoms with van der Waals surface area (Å²) in [4.78, 5) is 15.2. The Kier molecular flexibility index (Phi) is 80.8. The molecule has 0 spiro atoms. The van der Waals surface area contributed by atoms with Crippen LogP contribution in [0.5, 0.6) is 0 Å². The predicted molar refractivity (Wildman–Crippen MR) is 414 cm³/mol. The number of allylic oxidation sites excluding steroid dienone is 16. The van der Waals surface area contributed by atoms with Gasteiger partial charge in [-0.05, 0) is 180 Å². The molecule has 0 fully saturated rings. The minimum Gasteiger partial charge on any atom is -0.379 e. The Morgan fingerprint density at radius 2 is 0.660 bits per heavy atom. The summed E-state index contributed by atoms with van der Waals surface area (Å²) in [5.74, 6) is 0. The van der Waals surface area contributed by atoms with Crippen LogP contribution in [0.15, 0.2) is 116 Å². The number of ether oxygens (including phenoxy) is 4. The summed E-state index contributed by atoms with van der Waals surface area (Å²) < 4.78 is 26.4. The van der Waals surface area contributed by atoms with Crippen molar-refractivity contribution in [3.05, 3.63) is 116 Å². The van der Waals surface area contributed by atoms with Crippen molar-refractivity contribution in [2.75, 3.05) is 52.7 Å². The molecule has 1 heterocycles. The van der Waals surface area contributed by atoms with Gasteiger partial charge < -0.3 is 33.6 Å². The molecule has 0 bridgehead atoms. The molecular formula is C86H155N3O5. The highest BCUT2D eigenvalue weighted by Gasteiger charge is 2.11. The molecule has 0 aromatic carbocycles. The second-order valence-electron chi connectivity index (χ2n) is 26.6. The fraction of sp³-hybridized carbons (Fsp3) is 0.767. The van der Waals surface area contributed by atoms with Crippen molar-refractivity contribution in [1.82, 2.24) is 14.9 Å². The van der Waals surface area contributed by atoms with Crippen molar-refractivity contribution < 1.29 is 23.7 Å². The Morgan fingerprint density at radius 3 is 0.989 bits per heavy atom. The molecule has 1 N–H and O–H groups in total. The minimum atomic E-state index is -0.0833. The van der Waals surface area contributed by atoms with E-state index >= 15 is 0 Å². The van der Waals surface area contributed by atoms with Crippen LogP contribution in [-0.2, 0) is 30.3 Å². The van der Waals surface area contributed by atoms with E-state index in [0.717, 1.165) is 123 Å². The molecule has 544 valence electrons. The highest BCUT2D eigenvalue weighted by atomic mass is 16.5. The lowest BCUT2D eigenvalue weighted by molar-refractivity contribution is -0.112. The third-order valence-electron chi connectivity index (χ3n) is 17.3. The molecule has 0 aliphatic carbocycles. The van der Waals surface area contributed by atoms with Crippen LogP contribution in [0.1, 0.15) is 355 Å². The topological polar surface area (TPSA) is 83.8 Å². The van der Waals surface area contributed by atoms with Crippen molar-refractivity contribution in [2.24, 2.45) is 0 Å². The molecule has 0 saturated carbocycles. The fourth-order valence-electron chi connectivity index (χ4n) is 11.2. The van der Waals surface area contributed by atoms with Gasteiger partial charge in [-0.1, -0.05) is 279 Å². The van der Waals surface area contributed by atoms with E-state index in [2.05, 4.69) is 140 Å². The molecule has 2 unspecified atom stereocenters. The first-order valence-corrected chi connectivity index (χ1v) is 40.4. The summed E-state index contributed by atoms with van der Waals surface area (Å²) in [6, 6.07) is 0. The summed E-state index contributed by atoms with van der Waals surface area (Å²) in [5, 5.41) is 3.61. The maximum atomic E-state index is 11.0. The first-order valence-electron chi connectivity index (χ1n) is 40.4. The summed E-state index contributed by atoms with van der Waals surface area (Å²) in [7, 11) is 0. The number of hydrogen-bond acceptors (Lipinski definition) is 7. The Morgan fingerprint density at radius 1 is 0.351 bits per heavy atom. The lowest BCUT2D eigenvalue weighted by atomic mass is 10.1. The van der Waals surface area contributed by atoms with Crippen molar-refractivity contribution in [2.45, 2.75) is 374 Å². The number of aryl methyl sites for hydroxylation is 1. The molecule has 1 aromatic rings. The lowest BCUT2D eigenvalue weighted by Crippen LogP contribution is -2.27. The van der Waals surface area contributed by atoms with Gasteiger partial charge in [-0.3, -0.25) is 0 Å². The molecule has 94 heavy (non-hydrogen) atoms. The highest BCUT2D eigenvalue weighted by Crippen LogP contribution is 2.15. The van der Waals surface area contributed by atoms with Crippen LogP contribution >= 0.6 is 0 Å². The van der Waals surface area contributed by atoms with Crippen molar-refractivity contribution >= 4 is 6.29 Å². The zero-order valence-corrected chi connectivity index (χ0v) is 62.6. The van der Waals surface area contributed by atoms with Gasteiger partial charge in [0.25, 0.3) is 0 Å². The van der Waals surface area contributed by atoms with Crippen LogP contribution in [0.25, 0.3) is 0 Å². The Hall–Kier alpha value is -3.40. The maximum Gasteiger partial charge on any atom is 0.122 e. The highest BCUT2D eigenvalue weighted by molar-refractivity contribution is 5.50. The molecule has 0 aliphatic heterocycles. The van der Waals surface area contributed by atoms with E-state index < -0.39 is 0 Å². The van der Waals surface area contributed by atoms with Crippen LogP contribution in [0.3, 0.4) is 0 Å². The molecule has 8 heteroatoms. The van der Waals surface area contributed by atoms with E-state index in [0.29, 0.717) is 13.0 Å². The molecular weight excluding hydrogens is 1150 g/mol. The predicted octanol–water partition coefficient (Wildman–Crippen LogP) is 25.9. The second-order valence-corrected chi connectivity index (χ2v) is 26.6. The molecule has 1 aromatic heterocycles. The SMILES string of the molecule is CCCCC/C=C\C/C=C\CCCCCCCCOCC(CC=O)OCCCCCCCC/C=C\C/C=C\CCCCC.CCCCC/C=C\C/C=C\CCCCCCCCOCC(CCNCCCn1ccnc1)OCCCCCCCC/C=C\C/C=C\CCCCC. The number of unbranched alkanes of at least 4 members (excludes halogenated alkanes) is 36. The van der Waals surface area contributed by atoms with Crippen LogP contribution in [-0.4, -0.2) is 80.8 Å². The normalized spacial score (nSPS) is 12.9. The fourth-order valence-corrected chi connectivity index (χ4v) is 11.2. The molecule has 1 rings (SSSR count). The summed E-state index contributed by atoms with van der Waals surface area (Å²) >= 11 is 0. The van der Waals surface area contributed by atoms with Crippen molar-refractivity contribution in [3.8, 4) is 0 Å². The van der Waals surface area contributed by atoms with Crippen molar-refractivity contribution in [3.63, 3.8) is 0 Å². The summed E-state index contributed by atoms with van der Waals surface area (Å²) in [6.07, 6.45) is 107. The molecule has 0 radical (unpaired) electrons. The number of aldehydes is 1. The van der Waals surface area contributed by atoms with Gasteiger partial charge in [0.1, 0.15) is 6.29 Å². The lowest BCUT2D eigenvalue weighted by Gasteiger charge is -2.19. The minimum absolute atomic E-state index is 0.0833. The molecule has 8 nitrogen and oxygen atoms in total. The van der Waals surface area contributed by atoms with E-state index in [1.54, 1.807) is 0 Å². The van der Waals surface area contributed by atoms with E-state index in [-0.39, 0.29) is 12.2 Å². The Balaban J connectivity index is 0.00000187. The second kappa shape index (κ2) is 83.8. The monoisotopic (exact) mass is 1310 g/mol. The van der Waals surface area contributed by atoms with Gasteiger partial charge in [0, 0.05) is 51.8 Å². The number of imidazole rings is 1.